The van der Waals surface area contributed by atoms with Gasteiger partial charge in [-0.3, -0.25) is 4.79 Å². The second kappa shape index (κ2) is 11.6. The maximum absolute atomic E-state index is 11.9. The number of aliphatic hydroxyl groups is 1. The molecule has 1 aromatic carbocycles. The number of aromatic nitrogens is 2. The number of carbonyl (C=O) groups is 1. The van der Waals surface area contributed by atoms with Gasteiger partial charge in [-0.05, 0) is 74.1 Å². The molecule has 0 spiro atoms. The molecule has 1 aliphatic heterocycles. The molecular weight excluding hydrogens is 428 g/mol. The number of carbonyl (C=O) groups excluding carboxylic acids is 1. The third-order valence-corrected chi connectivity index (χ3v) is 7.04. The molecule has 2 heterocycles. The number of piperidine rings is 1. The Bertz CT molecular complexity index is 967. The number of anilines is 1. The van der Waals surface area contributed by atoms with Crippen LogP contribution >= 0.6 is 0 Å². The molecule has 1 saturated heterocycles. The van der Waals surface area contributed by atoms with Gasteiger partial charge in [-0.15, -0.1) is 0 Å². The van der Waals surface area contributed by atoms with Crippen LogP contribution in [0.5, 0.6) is 5.75 Å². The van der Waals surface area contributed by atoms with E-state index in [0.717, 1.165) is 67.2 Å². The molecule has 1 amide bonds. The van der Waals surface area contributed by atoms with Crippen LogP contribution in [0.2, 0.25) is 0 Å². The minimum absolute atomic E-state index is 0.0129. The summed E-state index contributed by atoms with van der Waals surface area (Å²) in [6.45, 7) is 12.6. The van der Waals surface area contributed by atoms with Crippen molar-refractivity contribution in [3.63, 3.8) is 0 Å². The van der Waals surface area contributed by atoms with E-state index in [-0.39, 0.29) is 12.5 Å². The van der Waals surface area contributed by atoms with E-state index in [2.05, 4.69) is 28.7 Å². The summed E-state index contributed by atoms with van der Waals surface area (Å²) in [5, 5.41) is 9.73. The van der Waals surface area contributed by atoms with Gasteiger partial charge in [-0.2, -0.15) is 0 Å². The lowest BCUT2D eigenvalue weighted by atomic mass is 9.89. The van der Waals surface area contributed by atoms with E-state index >= 15 is 0 Å². The first-order valence-electron chi connectivity index (χ1n) is 12.5. The Hall–Kier alpha value is -2.67. The third-order valence-electron chi connectivity index (χ3n) is 7.04. The van der Waals surface area contributed by atoms with Crippen LogP contribution in [0, 0.1) is 19.8 Å². The van der Waals surface area contributed by atoms with Crippen molar-refractivity contribution in [3.8, 4) is 5.75 Å². The zero-order valence-electron chi connectivity index (χ0n) is 21.3. The summed E-state index contributed by atoms with van der Waals surface area (Å²) >= 11 is 0. The summed E-state index contributed by atoms with van der Waals surface area (Å²) in [4.78, 5) is 23.3. The number of rotatable bonds is 10. The van der Waals surface area contributed by atoms with Crippen molar-refractivity contribution >= 4 is 11.9 Å². The quantitative estimate of drug-likeness (QED) is 0.498. The highest BCUT2D eigenvalue weighted by atomic mass is 16.5. The maximum atomic E-state index is 11.9. The summed E-state index contributed by atoms with van der Waals surface area (Å²) in [6, 6.07) is 1.89. The van der Waals surface area contributed by atoms with Crippen LogP contribution in [0.4, 0.5) is 5.95 Å². The zero-order valence-corrected chi connectivity index (χ0v) is 21.3. The number of nitrogens with zero attached hydrogens (tertiary/aromatic N) is 3. The van der Waals surface area contributed by atoms with Crippen molar-refractivity contribution in [2.75, 3.05) is 31.2 Å². The number of hydrogen-bond acceptors (Lipinski definition) is 6. The van der Waals surface area contributed by atoms with E-state index in [1.807, 2.05) is 39.2 Å². The Balaban J connectivity index is 1.52. The molecule has 0 bridgehead atoms. The average molecular weight is 469 g/mol. The number of aliphatic hydroxyl groups excluding tert-OH is 1. The first kappa shape index (κ1) is 25.9. The number of ether oxygens (including phenoxy) is 1. The summed E-state index contributed by atoms with van der Waals surface area (Å²) in [5.74, 6) is 2.13. The fourth-order valence-electron chi connectivity index (χ4n) is 4.93. The van der Waals surface area contributed by atoms with Gasteiger partial charge in [0.1, 0.15) is 5.75 Å². The highest BCUT2D eigenvalue weighted by Gasteiger charge is 2.23. The highest BCUT2D eigenvalue weighted by Crippen LogP contribution is 2.34. The molecule has 0 saturated carbocycles. The second-order valence-electron chi connectivity index (χ2n) is 9.95. The second-order valence-corrected chi connectivity index (χ2v) is 9.95. The summed E-state index contributed by atoms with van der Waals surface area (Å²) in [7, 11) is 0. The largest absolute Gasteiger partial charge is 0.493 e. The average Bonchev–Trinajstić information content (AvgIpc) is 2.81. The standard InChI is InChI=1S/C27H40N4O3/c1-17(2)22-14-29-27(30-15-22)31-10-8-21(9-11-31)7-6-12-34-23-13-18(3)25(26(28)33)20(5)24(23)19(4)16-32/h13-15,17,19,21,32H,6-12,16H2,1-5H3,(H2,28,33)/t19-/m0/s1. The molecular formula is C27H40N4O3. The summed E-state index contributed by atoms with van der Waals surface area (Å²) in [5.41, 5.74) is 9.78. The van der Waals surface area contributed by atoms with Crippen LogP contribution in [0.15, 0.2) is 18.5 Å². The van der Waals surface area contributed by atoms with Gasteiger partial charge in [0.15, 0.2) is 0 Å². The molecule has 0 unspecified atom stereocenters. The van der Waals surface area contributed by atoms with Crippen LogP contribution in [0.1, 0.15) is 90.9 Å². The Kier molecular flexibility index (Phi) is 8.89. The molecule has 3 N–H and O–H groups in total. The SMILES string of the molecule is Cc1cc(OCCCC2CCN(c3ncc(C(C)C)cn3)CC2)c([C@@H](C)CO)c(C)c1C(N)=O. The molecule has 0 aliphatic carbocycles. The van der Waals surface area contributed by atoms with Gasteiger partial charge in [0, 0.05) is 49.1 Å². The van der Waals surface area contributed by atoms with Crippen molar-refractivity contribution < 1.29 is 14.6 Å². The lowest BCUT2D eigenvalue weighted by Gasteiger charge is -2.32. The molecule has 7 nitrogen and oxygen atoms in total. The van der Waals surface area contributed by atoms with E-state index in [1.165, 1.54) is 5.56 Å². The molecule has 2 aromatic rings. The van der Waals surface area contributed by atoms with Crippen molar-refractivity contribution in [1.82, 2.24) is 9.97 Å². The summed E-state index contributed by atoms with van der Waals surface area (Å²) < 4.78 is 6.17. The molecule has 1 atom stereocenters. The first-order chi connectivity index (χ1) is 16.2. The number of benzene rings is 1. The van der Waals surface area contributed by atoms with Crippen LogP contribution in [-0.2, 0) is 0 Å². The number of aryl methyl sites for hydroxylation is 1. The normalized spacial score (nSPS) is 15.6. The van der Waals surface area contributed by atoms with Gasteiger partial charge in [-0.1, -0.05) is 20.8 Å². The van der Waals surface area contributed by atoms with E-state index in [9.17, 15) is 9.90 Å². The number of hydrogen-bond donors (Lipinski definition) is 2. The van der Waals surface area contributed by atoms with E-state index in [1.54, 1.807) is 0 Å². The fraction of sp³-hybridized carbons (Fsp3) is 0.593. The smallest absolute Gasteiger partial charge is 0.249 e. The van der Waals surface area contributed by atoms with Crippen LogP contribution in [-0.4, -0.2) is 47.3 Å². The summed E-state index contributed by atoms with van der Waals surface area (Å²) in [6.07, 6.45) is 8.24. The molecule has 186 valence electrons. The Labute approximate surface area is 203 Å². The Morgan fingerprint density at radius 3 is 2.41 bits per heavy atom. The number of primary amides is 1. The number of amides is 1. The zero-order chi connectivity index (χ0) is 24.8. The van der Waals surface area contributed by atoms with Crippen LogP contribution < -0.4 is 15.4 Å². The maximum Gasteiger partial charge on any atom is 0.249 e. The molecule has 3 rings (SSSR count). The Morgan fingerprint density at radius 1 is 1.21 bits per heavy atom. The van der Waals surface area contributed by atoms with Gasteiger partial charge in [0.2, 0.25) is 11.9 Å². The fourth-order valence-corrected chi connectivity index (χ4v) is 4.93. The van der Waals surface area contributed by atoms with Gasteiger partial charge < -0.3 is 20.5 Å². The van der Waals surface area contributed by atoms with Gasteiger partial charge in [-0.25, -0.2) is 9.97 Å². The van der Waals surface area contributed by atoms with Crippen molar-refractivity contribution in [2.24, 2.45) is 11.7 Å². The highest BCUT2D eigenvalue weighted by molar-refractivity contribution is 5.96. The molecule has 34 heavy (non-hydrogen) atoms. The minimum Gasteiger partial charge on any atom is -0.493 e. The predicted molar refractivity (Wildman–Crippen MR) is 136 cm³/mol. The van der Waals surface area contributed by atoms with Gasteiger partial charge in [0.05, 0.1) is 6.61 Å². The van der Waals surface area contributed by atoms with Crippen LogP contribution in [0.3, 0.4) is 0 Å². The van der Waals surface area contributed by atoms with E-state index in [0.29, 0.717) is 24.0 Å². The van der Waals surface area contributed by atoms with Gasteiger partial charge >= 0.3 is 0 Å². The molecule has 1 fully saturated rings. The van der Waals surface area contributed by atoms with Crippen LogP contribution in [0.25, 0.3) is 0 Å². The van der Waals surface area contributed by atoms with Gasteiger partial charge in [0.25, 0.3) is 0 Å². The molecule has 1 aliphatic rings. The molecule has 0 radical (unpaired) electrons. The lowest BCUT2D eigenvalue weighted by Crippen LogP contribution is -2.35. The Morgan fingerprint density at radius 2 is 1.85 bits per heavy atom. The van der Waals surface area contributed by atoms with E-state index < -0.39 is 5.91 Å². The minimum atomic E-state index is -0.444. The monoisotopic (exact) mass is 468 g/mol. The van der Waals surface area contributed by atoms with Crippen molar-refractivity contribution in [3.05, 3.63) is 46.3 Å². The van der Waals surface area contributed by atoms with E-state index in [4.69, 9.17) is 10.5 Å². The third kappa shape index (κ3) is 6.06. The van der Waals surface area contributed by atoms with Crippen molar-refractivity contribution in [1.29, 1.82) is 0 Å². The topological polar surface area (TPSA) is 102 Å². The first-order valence-corrected chi connectivity index (χ1v) is 12.5. The molecule has 1 aromatic heterocycles. The molecule has 7 heteroatoms. The number of nitrogens with two attached hydrogens (primary N) is 1. The predicted octanol–water partition coefficient (Wildman–Crippen LogP) is 4.49. The van der Waals surface area contributed by atoms with Crippen molar-refractivity contribution in [2.45, 2.75) is 72.1 Å². The lowest BCUT2D eigenvalue weighted by molar-refractivity contribution is 0.0999.